The van der Waals surface area contributed by atoms with Gasteiger partial charge < -0.3 is 10.2 Å². The van der Waals surface area contributed by atoms with E-state index in [1.165, 1.54) is 0 Å². The van der Waals surface area contributed by atoms with E-state index in [0.717, 1.165) is 23.1 Å². The average molecular weight is 401 g/mol. The highest BCUT2D eigenvalue weighted by atomic mass is 35.5. The third kappa shape index (κ3) is 6.38. The van der Waals surface area contributed by atoms with Gasteiger partial charge >= 0.3 is 0 Å². The van der Waals surface area contributed by atoms with Crippen LogP contribution in [0.2, 0.25) is 5.02 Å². The number of aryl methyl sites for hydroxylation is 1. The van der Waals surface area contributed by atoms with Crippen LogP contribution in [0, 0.1) is 6.92 Å². The Labute approximate surface area is 172 Å². The zero-order chi connectivity index (χ0) is 20.5. The number of amides is 2. The van der Waals surface area contributed by atoms with Gasteiger partial charge in [0.1, 0.15) is 6.04 Å². The van der Waals surface area contributed by atoms with Crippen molar-refractivity contribution in [1.29, 1.82) is 0 Å². The highest BCUT2D eigenvalue weighted by Crippen LogP contribution is 2.17. The molecule has 1 N–H and O–H groups in total. The van der Waals surface area contributed by atoms with Crippen LogP contribution in [0.5, 0.6) is 0 Å². The lowest BCUT2D eigenvalue weighted by atomic mass is 10.1. The van der Waals surface area contributed by atoms with E-state index in [9.17, 15) is 9.59 Å². The van der Waals surface area contributed by atoms with Crippen LogP contribution in [0.25, 0.3) is 0 Å². The summed E-state index contributed by atoms with van der Waals surface area (Å²) >= 11 is 6.06. The van der Waals surface area contributed by atoms with Crippen molar-refractivity contribution >= 4 is 23.4 Å². The SMILES string of the molecule is CCCNC(=O)C(CC)N(Cc1ccc(C)cc1)C(=O)Cc1cccc(Cl)c1. The first-order valence-electron chi connectivity index (χ1n) is 9.81. The maximum Gasteiger partial charge on any atom is 0.242 e. The Morgan fingerprint density at radius 2 is 1.79 bits per heavy atom. The van der Waals surface area contributed by atoms with Gasteiger partial charge in [-0.25, -0.2) is 0 Å². The minimum atomic E-state index is -0.500. The first-order chi connectivity index (χ1) is 13.4. The van der Waals surface area contributed by atoms with Gasteiger partial charge in [-0.05, 0) is 43.0 Å². The van der Waals surface area contributed by atoms with E-state index in [4.69, 9.17) is 11.6 Å². The lowest BCUT2D eigenvalue weighted by Gasteiger charge is -2.31. The molecule has 0 aliphatic heterocycles. The fourth-order valence-electron chi connectivity index (χ4n) is 3.10. The van der Waals surface area contributed by atoms with Crippen molar-refractivity contribution in [3.05, 3.63) is 70.2 Å². The van der Waals surface area contributed by atoms with Crippen LogP contribution in [0.1, 0.15) is 43.4 Å². The van der Waals surface area contributed by atoms with Gasteiger partial charge in [0.15, 0.2) is 0 Å². The van der Waals surface area contributed by atoms with Gasteiger partial charge in [-0.3, -0.25) is 9.59 Å². The van der Waals surface area contributed by atoms with Crippen molar-refractivity contribution in [2.45, 2.75) is 52.6 Å². The van der Waals surface area contributed by atoms with E-state index in [0.29, 0.717) is 24.5 Å². The predicted molar refractivity (Wildman–Crippen MR) is 114 cm³/mol. The number of nitrogens with one attached hydrogen (secondary N) is 1. The third-order valence-electron chi connectivity index (χ3n) is 4.65. The molecule has 1 unspecified atom stereocenters. The molecule has 5 heteroatoms. The molecule has 0 saturated heterocycles. The maximum absolute atomic E-state index is 13.2. The second-order valence-electron chi connectivity index (χ2n) is 7.03. The number of carbonyl (C=O) groups is 2. The summed E-state index contributed by atoms with van der Waals surface area (Å²) in [5.74, 6) is -0.183. The van der Waals surface area contributed by atoms with Crippen molar-refractivity contribution in [3.63, 3.8) is 0 Å². The van der Waals surface area contributed by atoms with Crippen molar-refractivity contribution in [1.82, 2.24) is 10.2 Å². The van der Waals surface area contributed by atoms with Gasteiger partial charge in [-0.15, -0.1) is 0 Å². The minimum absolute atomic E-state index is 0.0821. The highest BCUT2D eigenvalue weighted by molar-refractivity contribution is 6.30. The van der Waals surface area contributed by atoms with E-state index in [1.54, 1.807) is 17.0 Å². The molecule has 0 aliphatic carbocycles. The summed E-state index contributed by atoms with van der Waals surface area (Å²) in [5.41, 5.74) is 3.01. The molecule has 0 spiro atoms. The molecule has 0 saturated carbocycles. The first-order valence-corrected chi connectivity index (χ1v) is 10.2. The molecule has 1 atom stereocenters. The number of hydrogen-bond donors (Lipinski definition) is 1. The van der Waals surface area contributed by atoms with Crippen LogP contribution < -0.4 is 5.32 Å². The van der Waals surface area contributed by atoms with Crippen LogP contribution in [0.4, 0.5) is 0 Å². The number of nitrogens with zero attached hydrogens (tertiary/aromatic N) is 1. The van der Waals surface area contributed by atoms with Crippen LogP contribution in [0.3, 0.4) is 0 Å². The monoisotopic (exact) mass is 400 g/mol. The van der Waals surface area contributed by atoms with E-state index < -0.39 is 6.04 Å². The first kappa shape index (κ1) is 22.0. The lowest BCUT2D eigenvalue weighted by molar-refractivity contribution is -0.140. The standard InChI is InChI=1S/C23H29ClN2O2/c1-4-13-25-23(28)21(5-2)26(16-18-11-9-17(3)10-12-18)22(27)15-19-7-6-8-20(24)14-19/h6-12,14,21H,4-5,13,15-16H2,1-3H3,(H,25,28). The molecule has 2 aromatic rings. The van der Waals surface area contributed by atoms with Gasteiger partial charge in [0.05, 0.1) is 6.42 Å². The van der Waals surface area contributed by atoms with Gasteiger partial charge in [-0.1, -0.05) is 67.4 Å². The second kappa shape index (κ2) is 10.9. The molecule has 2 amide bonds. The van der Waals surface area contributed by atoms with Crippen LogP contribution >= 0.6 is 11.6 Å². The highest BCUT2D eigenvalue weighted by Gasteiger charge is 2.28. The Morgan fingerprint density at radius 3 is 2.39 bits per heavy atom. The molecule has 0 heterocycles. The van der Waals surface area contributed by atoms with Crippen molar-refractivity contribution in [2.75, 3.05) is 6.54 Å². The Morgan fingerprint density at radius 1 is 1.07 bits per heavy atom. The summed E-state index contributed by atoms with van der Waals surface area (Å²) in [6, 6.07) is 14.8. The van der Waals surface area contributed by atoms with Gasteiger partial charge in [0.2, 0.25) is 11.8 Å². The molecule has 4 nitrogen and oxygen atoms in total. The summed E-state index contributed by atoms with van der Waals surface area (Å²) in [7, 11) is 0. The predicted octanol–water partition coefficient (Wildman–Crippen LogP) is 4.52. The van der Waals surface area contributed by atoms with Gasteiger partial charge in [0, 0.05) is 18.1 Å². The number of rotatable bonds is 9. The zero-order valence-corrected chi connectivity index (χ0v) is 17.6. The average Bonchev–Trinajstić information content (AvgIpc) is 2.67. The Hall–Kier alpha value is -2.33. The Balaban J connectivity index is 2.26. The fourth-order valence-corrected chi connectivity index (χ4v) is 3.31. The third-order valence-corrected chi connectivity index (χ3v) is 4.89. The van der Waals surface area contributed by atoms with Crippen LogP contribution in [0.15, 0.2) is 48.5 Å². The number of benzene rings is 2. The topological polar surface area (TPSA) is 49.4 Å². The van der Waals surface area contributed by atoms with E-state index >= 15 is 0 Å². The molecule has 0 bridgehead atoms. The zero-order valence-electron chi connectivity index (χ0n) is 16.9. The Bertz CT molecular complexity index is 789. The normalized spacial score (nSPS) is 11.7. The largest absolute Gasteiger partial charge is 0.354 e. The fraction of sp³-hybridized carbons (Fsp3) is 0.391. The molecule has 0 radical (unpaired) electrons. The molecule has 150 valence electrons. The van der Waals surface area contributed by atoms with Crippen LogP contribution in [-0.2, 0) is 22.6 Å². The minimum Gasteiger partial charge on any atom is -0.354 e. The molecular formula is C23H29ClN2O2. The molecular weight excluding hydrogens is 372 g/mol. The van der Waals surface area contributed by atoms with E-state index in [2.05, 4.69) is 5.32 Å². The molecule has 2 rings (SSSR count). The number of halogens is 1. The van der Waals surface area contributed by atoms with E-state index in [1.807, 2.05) is 57.2 Å². The van der Waals surface area contributed by atoms with Crippen molar-refractivity contribution in [2.24, 2.45) is 0 Å². The van der Waals surface area contributed by atoms with Gasteiger partial charge in [0.25, 0.3) is 0 Å². The molecule has 0 aromatic heterocycles. The maximum atomic E-state index is 13.2. The van der Waals surface area contributed by atoms with Crippen molar-refractivity contribution in [3.8, 4) is 0 Å². The molecule has 0 aliphatic rings. The molecule has 0 fully saturated rings. The van der Waals surface area contributed by atoms with Gasteiger partial charge in [-0.2, -0.15) is 0 Å². The lowest BCUT2D eigenvalue weighted by Crippen LogP contribution is -2.49. The molecule has 28 heavy (non-hydrogen) atoms. The molecule has 2 aromatic carbocycles. The van der Waals surface area contributed by atoms with Crippen LogP contribution in [-0.4, -0.2) is 29.3 Å². The van der Waals surface area contributed by atoms with E-state index in [-0.39, 0.29) is 18.2 Å². The summed E-state index contributed by atoms with van der Waals surface area (Å²) in [6.45, 7) is 6.98. The summed E-state index contributed by atoms with van der Waals surface area (Å²) in [4.78, 5) is 27.6. The quantitative estimate of drug-likeness (QED) is 0.672. The summed E-state index contributed by atoms with van der Waals surface area (Å²) in [6.07, 6.45) is 1.63. The second-order valence-corrected chi connectivity index (χ2v) is 7.47. The smallest absolute Gasteiger partial charge is 0.242 e. The summed E-state index contributed by atoms with van der Waals surface area (Å²) in [5, 5.41) is 3.53. The summed E-state index contributed by atoms with van der Waals surface area (Å²) < 4.78 is 0. The number of carbonyl (C=O) groups excluding carboxylic acids is 2. The number of hydrogen-bond acceptors (Lipinski definition) is 2. The Kier molecular flexibility index (Phi) is 8.52. The van der Waals surface area contributed by atoms with Crippen molar-refractivity contribution < 1.29 is 9.59 Å².